The molecule has 0 radical (unpaired) electrons. The average Bonchev–Trinajstić information content (AvgIpc) is 3.21. The summed E-state index contributed by atoms with van der Waals surface area (Å²) >= 11 is 0. The van der Waals surface area contributed by atoms with Gasteiger partial charge in [-0.05, 0) is 29.8 Å². The van der Waals surface area contributed by atoms with Gasteiger partial charge in [0.2, 0.25) is 0 Å². The van der Waals surface area contributed by atoms with Crippen molar-refractivity contribution in [2.24, 2.45) is 0 Å². The predicted octanol–water partition coefficient (Wildman–Crippen LogP) is 4.30. The third-order valence-electron chi connectivity index (χ3n) is 3.97. The smallest absolute Gasteiger partial charge is 0.328 e. The fourth-order valence-electron chi connectivity index (χ4n) is 2.64. The largest absolute Gasteiger partial charge is 0.493 e. The summed E-state index contributed by atoms with van der Waals surface area (Å²) in [7, 11) is 0. The maximum absolute atomic E-state index is 10.8. The van der Waals surface area contributed by atoms with E-state index in [-0.39, 0.29) is 12.4 Å². The van der Waals surface area contributed by atoms with E-state index in [1.54, 1.807) is 18.6 Å². The molecule has 3 rings (SSSR count). The van der Waals surface area contributed by atoms with Crippen LogP contribution in [0, 0.1) is 0 Å². The average molecular weight is 415 g/mol. The van der Waals surface area contributed by atoms with Crippen molar-refractivity contribution in [3.63, 3.8) is 0 Å². The summed E-state index contributed by atoms with van der Waals surface area (Å²) in [6.45, 7) is 1.67. The molecule has 0 unspecified atom stereocenters. The molecule has 29 heavy (non-hydrogen) atoms. The number of halogens is 1. The zero-order chi connectivity index (χ0) is 19.6. The van der Waals surface area contributed by atoms with E-state index in [2.05, 4.69) is 4.98 Å². The topological polar surface area (TPSA) is 73.6 Å². The highest BCUT2D eigenvalue weighted by Crippen LogP contribution is 2.23. The van der Waals surface area contributed by atoms with Gasteiger partial charge in [-0.15, -0.1) is 12.4 Å². The van der Waals surface area contributed by atoms with E-state index in [0.29, 0.717) is 31.9 Å². The van der Waals surface area contributed by atoms with Crippen molar-refractivity contribution < 1.29 is 19.4 Å². The van der Waals surface area contributed by atoms with Gasteiger partial charge in [-0.25, -0.2) is 9.78 Å². The Kier molecular flexibility index (Phi) is 8.79. The minimum Gasteiger partial charge on any atom is -0.493 e. The SMILES string of the molecule is Cl.O=C(O)/C=C/c1ccc(Cn2ccnc2)cc1OCCCOc1ccccc1. The van der Waals surface area contributed by atoms with Gasteiger partial charge in [0.15, 0.2) is 0 Å². The number of nitrogens with zero attached hydrogens (tertiary/aromatic N) is 2. The second-order valence-electron chi connectivity index (χ2n) is 6.14. The van der Waals surface area contributed by atoms with Crippen LogP contribution >= 0.6 is 12.4 Å². The molecule has 0 saturated heterocycles. The molecule has 0 aliphatic heterocycles. The lowest BCUT2D eigenvalue weighted by Crippen LogP contribution is -2.06. The summed E-state index contributed by atoms with van der Waals surface area (Å²) in [5.41, 5.74) is 1.77. The quantitative estimate of drug-likeness (QED) is 0.395. The number of hydrogen-bond acceptors (Lipinski definition) is 4. The van der Waals surface area contributed by atoms with Crippen LogP contribution in [0.4, 0.5) is 0 Å². The van der Waals surface area contributed by atoms with Crippen molar-refractivity contribution in [1.29, 1.82) is 0 Å². The highest BCUT2D eigenvalue weighted by atomic mass is 35.5. The molecule has 152 valence electrons. The van der Waals surface area contributed by atoms with Gasteiger partial charge in [0.25, 0.3) is 0 Å². The number of aliphatic carboxylic acids is 1. The van der Waals surface area contributed by atoms with Gasteiger partial charge in [0, 0.05) is 37.0 Å². The molecule has 6 nitrogen and oxygen atoms in total. The molecular weight excluding hydrogens is 392 g/mol. The zero-order valence-electron chi connectivity index (χ0n) is 15.8. The molecule has 2 aromatic carbocycles. The molecule has 0 saturated carbocycles. The van der Waals surface area contributed by atoms with Crippen molar-refractivity contribution in [2.45, 2.75) is 13.0 Å². The number of carboxylic acid groups (broad SMARTS) is 1. The second kappa shape index (κ2) is 11.6. The van der Waals surface area contributed by atoms with Gasteiger partial charge in [-0.3, -0.25) is 0 Å². The first-order valence-electron chi connectivity index (χ1n) is 9.01. The van der Waals surface area contributed by atoms with Crippen LogP contribution < -0.4 is 9.47 Å². The lowest BCUT2D eigenvalue weighted by atomic mass is 10.1. The van der Waals surface area contributed by atoms with E-state index >= 15 is 0 Å². The number of para-hydroxylation sites is 1. The first-order chi connectivity index (χ1) is 13.7. The van der Waals surface area contributed by atoms with Crippen molar-refractivity contribution in [2.75, 3.05) is 13.2 Å². The van der Waals surface area contributed by atoms with Gasteiger partial charge in [0.05, 0.1) is 19.5 Å². The van der Waals surface area contributed by atoms with Crippen LogP contribution in [0.15, 0.2) is 73.3 Å². The van der Waals surface area contributed by atoms with E-state index in [0.717, 1.165) is 23.0 Å². The maximum Gasteiger partial charge on any atom is 0.328 e. The highest BCUT2D eigenvalue weighted by molar-refractivity contribution is 5.86. The summed E-state index contributed by atoms with van der Waals surface area (Å²) in [5.74, 6) is 0.481. The number of imidazole rings is 1. The lowest BCUT2D eigenvalue weighted by Gasteiger charge is -2.12. The second-order valence-corrected chi connectivity index (χ2v) is 6.14. The van der Waals surface area contributed by atoms with Gasteiger partial charge in [0.1, 0.15) is 11.5 Å². The molecule has 0 aliphatic rings. The molecule has 3 aromatic rings. The summed E-state index contributed by atoms with van der Waals surface area (Å²) < 4.78 is 13.5. The van der Waals surface area contributed by atoms with Gasteiger partial charge >= 0.3 is 5.97 Å². The number of benzene rings is 2. The Balaban J connectivity index is 0.00000300. The van der Waals surface area contributed by atoms with Gasteiger partial charge < -0.3 is 19.1 Å². The van der Waals surface area contributed by atoms with E-state index in [9.17, 15) is 4.79 Å². The fraction of sp³-hybridized carbons (Fsp3) is 0.182. The van der Waals surface area contributed by atoms with Crippen LogP contribution in [0.1, 0.15) is 17.5 Å². The third-order valence-corrected chi connectivity index (χ3v) is 3.97. The third kappa shape index (κ3) is 7.35. The Morgan fingerprint density at radius 3 is 2.62 bits per heavy atom. The number of hydrogen-bond donors (Lipinski definition) is 1. The van der Waals surface area contributed by atoms with Gasteiger partial charge in [-0.2, -0.15) is 0 Å². The van der Waals surface area contributed by atoms with E-state index in [1.165, 1.54) is 0 Å². The zero-order valence-corrected chi connectivity index (χ0v) is 16.6. The first kappa shape index (κ1) is 22.0. The van der Waals surface area contributed by atoms with Crippen LogP contribution in [0.2, 0.25) is 0 Å². The van der Waals surface area contributed by atoms with Crippen molar-refractivity contribution >= 4 is 24.5 Å². The van der Waals surface area contributed by atoms with Crippen molar-refractivity contribution in [3.8, 4) is 11.5 Å². The number of carbonyl (C=O) groups is 1. The normalized spacial score (nSPS) is 10.5. The van der Waals surface area contributed by atoms with Gasteiger partial charge in [-0.1, -0.05) is 30.3 Å². The van der Waals surface area contributed by atoms with Crippen LogP contribution in [0.3, 0.4) is 0 Å². The van der Waals surface area contributed by atoms with E-state index in [4.69, 9.17) is 14.6 Å². The molecule has 0 bridgehead atoms. The summed E-state index contributed by atoms with van der Waals surface area (Å²) in [6, 6.07) is 15.4. The standard InChI is InChI=1S/C22H22N2O4.ClH/c25-22(26)10-9-19-8-7-18(16-24-12-11-23-17-24)15-21(19)28-14-4-13-27-20-5-2-1-3-6-20;/h1-3,5-12,15,17H,4,13-14,16H2,(H,25,26);1H/b10-9+;. The predicted molar refractivity (Wildman–Crippen MR) is 114 cm³/mol. The monoisotopic (exact) mass is 414 g/mol. The molecule has 1 N–H and O–H groups in total. The fourth-order valence-corrected chi connectivity index (χ4v) is 2.64. The number of ether oxygens (including phenoxy) is 2. The summed E-state index contributed by atoms with van der Waals surface area (Å²) in [4.78, 5) is 14.9. The molecule has 1 aromatic heterocycles. The highest BCUT2D eigenvalue weighted by Gasteiger charge is 2.05. The number of carboxylic acids is 1. The minimum atomic E-state index is -0.996. The van der Waals surface area contributed by atoms with Crippen LogP contribution in [0.25, 0.3) is 6.08 Å². The van der Waals surface area contributed by atoms with Crippen molar-refractivity contribution in [3.05, 3.63) is 84.5 Å². The molecule has 1 heterocycles. The minimum absolute atomic E-state index is 0. The molecule has 0 aliphatic carbocycles. The molecular formula is C22H23ClN2O4. The number of rotatable bonds is 10. The van der Waals surface area contributed by atoms with Crippen LogP contribution in [0.5, 0.6) is 11.5 Å². The Morgan fingerprint density at radius 1 is 1.10 bits per heavy atom. The van der Waals surface area contributed by atoms with E-state index < -0.39 is 5.97 Å². The maximum atomic E-state index is 10.8. The van der Waals surface area contributed by atoms with Crippen LogP contribution in [-0.2, 0) is 11.3 Å². The summed E-state index contributed by atoms with van der Waals surface area (Å²) in [5, 5.41) is 8.89. The van der Waals surface area contributed by atoms with Crippen LogP contribution in [-0.4, -0.2) is 33.8 Å². The Morgan fingerprint density at radius 2 is 1.90 bits per heavy atom. The summed E-state index contributed by atoms with van der Waals surface area (Å²) in [6.07, 6.45) is 8.73. The molecule has 0 amide bonds. The Bertz CT molecular complexity index is 912. The molecule has 7 heteroatoms. The molecule has 0 spiro atoms. The lowest BCUT2D eigenvalue weighted by molar-refractivity contribution is -0.131. The van der Waals surface area contributed by atoms with Crippen molar-refractivity contribution in [1.82, 2.24) is 9.55 Å². The molecule has 0 atom stereocenters. The Hall–Kier alpha value is -3.25. The first-order valence-corrected chi connectivity index (χ1v) is 9.01. The number of aromatic nitrogens is 2. The van der Waals surface area contributed by atoms with E-state index in [1.807, 2.05) is 59.3 Å². The Labute approximate surface area is 175 Å². The molecule has 0 fully saturated rings.